The topological polar surface area (TPSA) is 50.2 Å². The van der Waals surface area contributed by atoms with Crippen molar-refractivity contribution in [3.05, 3.63) is 17.0 Å². The molecule has 0 spiro atoms. The van der Waals surface area contributed by atoms with Gasteiger partial charge in [0.25, 0.3) is 0 Å². The lowest BCUT2D eigenvalue weighted by Crippen LogP contribution is -2.38. The Balaban J connectivity index is 2.13. The SMILES string of the molecule is Cc1nn(C)c(C)c1C(C)NC1CCN(C)C1=O. The Bertz CT molecular complexity index is 466. The third kappa shape index (κ3) is 2.14. The van der Waals surface area contributed by atoms with Gasteiger partial charge < -0.3 is 4.90 Å². The van der Waals surface area contributed by atoms with Crippen LogP contribution in [0, 0.1) is 13.8 Å². The van der Waals surface area contributed by atoms with E-state index in [9.17, 15) is 4.79 Å². The average molecular weight is 250 g/mol. The number of carbonyl (C=O) groups is 1. The van der Waals surface area contributed by atoms with Gasteiger partial charge >= 0.3 is 0 Å². The highest BCUT2D eigenvalue weighted by Gasteiger charge is 2.31. The molecule has 100 valence electrons. The molecule has 2 unspecified atom stereocenters. The molecule has 2 rings (SSSR count). The number of hydrogen-bond donors (Lipinski definition) is 1. The Morgan fingerprint density at radius 1 is 1.39 bits per heavy atom. The van der Waals surface area contributed by atoms with Gasteiger partial charge in [0.15, 0.2) is 0 Å². The van der Waals surface area contributed by atoms with E-state index in [4.69, 9.17) is 0 Å². The van der Waals surface area contributed by atoms with Crippen LogP contribution in [0.15, 0.2) is 0 Å². The smallest absolute Gasteiger partial charge is 0.239 e. The van der Waals surface area contributed by atoms with Crippen LogP contribution in [-0.2, 0) is 11.8 Å². The van der Waals surface area contributed by atoms with Crippen LogP contribution in [0.2, 0.25) is 0 Å². The summed E-state index contributed by atoms with van der Waals surface area (Å²) in [7, 11) is 3.81. The second-order valence-electron chi connectivity index (χ2n) is 5.20. The molecule has 0 saturated carbocycles. The second kappa shape index (κ2) is 4.72. The molecule has 18 heavy (non-hydrogen) atoms. The number of carbonyl (C=O) groups excluding carboxylic acids is 1. The van der Waals surface area contributed by atoms with Gasteiger partial charge in [-0.1, -0.05) is 0 Å². The molecule has 5 nitrogen and oxygen atoms in total. The number of likely N-dealkylation sites (tertiary alicyclic amines) is 1. The number of rotatable bonds is 3. The molecule has 1 aromatic heterocycles. The maximum absolute atomic E-state index is 11.9. The van der Waals surface area contributed by atoms with Crippen molar-refractivity contribution in [2.45, 2.75) is 39.3 Å². The molecule has 2 heterocycles. The first-order chi connectivity index (χ1) is 8.41. The average Bonchev–Trinajstić information content (AvgIpc) is 2.73. The maximum atomic E-state index is 11.9. The zero-order chi connectivity index (χ0) is 13.4. The van der Waals surface area contributed by atoms with Gasteiger partial charge in [-0.2, -0.15) is 5.10 Å². The fourth-order valence-electron chi connectivity index (χ4n) is 2.78. The van der Waals surface area contributed by atoms with E-state index in [-0.39, 0.29) is 18.0 Å². The molecule has 1 fully saturated rings. The lowest BCUT2D eigenvalue weighted by atomic mass is 10.1. The van der Waals surface area contributed by atoms with Crippen LogP contribution < -0.4 is 5.32 Å². The molecular formula is C13H22N4O. The van der Waals surface area contributed by atoms with Crippen LogP contribution in [0.1, 0.15) is 36.3 Å². The summed E-state index contributed by atoms with van der Waals surface area (Å²) in [5.74, 6) is 0.195. The Kier molecular flexibility index (Phi) is 3.43. The predicted octanol–water partition coefficient (Wildman–Crippen LogP) is 0.918. The minimum atomic E-state index is -0.0518. The molecule has 5 heteroatoms. The second-order valence-corrected chi connectivity index (χ2v) is 5.20. The summed E-state index contributed by atoms with van der Waals surface area (Å²) in [6.45, 7) is 7.02. The molecule has 0 aromatic carbocycles. The fraction of sp³-hybridized carbons (Fsp3) is 0.692. The standard InChI is InChI=1S/C13H22N4O/c1-8(12-9(2)15-17(5)10(12)3)14-11-6-7-16(4)13(11)18/h8,11,14H,6-7H2,1-5H3. The predicted molar refractivity (Wildman–Crippen MR) is 70.3 cm³/mol. The van der Waals surface area contributed by atoms with Crippen LogP contribution in [0.3, 0.4) is 0 Å². The summed E-state index contributed by atoms with van der Waals surface area (Å²) in [5, 5.41) is 7.85. The molecule has 2 atom stereocenters. The van der Waals surface area contributed by atoms with Crippen molar-refractivity contribution in [3.63, 3.8) is 0 Å². The van der Waals surface area contributed by atoms with Crippen LogP contribution in [-0.4, -0.2) is 40.2 Å². The molecule has 0 radical (unpaired) electrons. The number of amides is 1. The molecule has 1 aliphatic rings. The molecule has 0 bridgehead atoms. The molecular weight excluding hydrogens is 228 g/mol. The van der Waals surface area contributed by atoms with E-state index < -0.39 is 0 Å². The van der Waals surface area contributed by atoms with Crippen molar-refractivity contribution in [2.24, 2.45) is 7.05 Å². The summed E-state index contributed by atoms with van der Waals surface area (Å²) in [6.07, 6.45) is 0.887. The van der Waals surface area contributed by atoms with Gasteiger partial charge in [0.05, 0.1) is 11.7 Å². The van der Waals surface area contributed by atoms with E-state index >= 15 is 0 Å². The summed E-state index contributed by atoms with van der Waals surface area (Å²) in [4.78, 5) is 13.7. The van der Waals surface area contributed by atoms with Crippen molar-refractivity contribution < 1.29 is 4.79 Å². The van der Waals surface area contributed by atoms with E-state index in [1.165, 1.54) is 5.56 Å². The Morgan fingerprint density at radius 2 is 2.06 bits per heavy atom. The first-order valence-electron chi connectivity index (χ1n) is 6.43. The van der Waals surface area contributed by atoms with E-state index in [0.717, 1.165) is 24.4 Å². The summed E-state index contributed by atoms with van der Waals surface area (Å²) >= 11 is 0. The number of likely N-dealkylation sites (N-methyl/N-ethyl adjacent to an activating group) is 1. The molecule has 1 saturated heterocycles. The monoisotopic (exact) mass is 250 g/mol. The number of aryl methyl sites for hydroxylation is 2. The van der Waals surface area contributed by atoms with Crippen LogP contribution in [0.4, 0.5) is 0 Å². The van der Waals surface area contributed by atoms with Gasteiger partial charge in [0.2, 0.25) is 5.91 Å². The Labute approximate surface area is 108 Å². The van der Waals surface area contributed by atoms with Crippen molar-refractivity contribution in [1.29, 1.82) is 0 Å². The molecule has 0 aliphatic carbocycles. The molecule has 1 aliphatic heterocycles. The van der Waals surface area contributed by atoms with Gasteiger partial charge in [-0.3, -0.25) is 14.8 Å². The number of nitrogens with zero attached hydrogens (tertiary/aromatic N) is 3. The summed E-state index contributed by atoms with van der Waals surface area (Å²) in [6, 6.07) is 0.100. The van der Waals surface area contributed by atoms with Crippen molar-refractivity contribution in [3.8, 4) is 0 Å². The quantitative estimate of drug-likeness (QED) is 0.868. The third-order valence-corrected chi connectivity index (χ3v) is 3.88. The zero-order valence-electron chi connectivity index (χ0n) is 11.8. The van der Waals surface area contributed by atoms with Crippen LogP contribution >= 0.6 is 0 Å². The van der Waals surface area contributed by atoms with Crippen molar-refractivity contribution >= 4 is 5.91 Å². The van der Waals surface area contributed by atoms with E-state index in [0.29, 0.717) is 0 Å². The van der Waals surface area contributed by atoms with E-state index in [1.807, 2.05) is 25.7 Å². The van der Waals surface area contributed by atoms with Crippen molar-refractivity contribution in [1.82, 2.24) is 20.0 Å². The zero-order valence-corrected chi connectivity index (χ0v) is 11.8. The Morgan fingerprint density at radius 3 is 2.50 bits per heavy atom. The van der Waals surface area contributed by atoms with E-state index in [2.05, 4.69) is 24.3 Å². The molecule has 1 amide bonds. The van der Waals surface area contributed by atoms with Gasteiger partial charge in [-0.05, 0) is 27.2 Å². The van der Waals surface area contributed by atoms with E-state index in [1.54, 1.807) is 4.90 Å². The fourth-order valence-corrected chi connectivity index (χ4v) is 2.78. The van der Waals surface area contributed by atoms with Gasteiger partial charge in [0, 0.05) is 37.9 Å². The molecule has 1 aromatic rings. The highest BCUT2D eigenvalue weighted by atomic mass is 16.2. The minimum Gasteiger partial charge on any atom is -0.344 e. The van der Waals surface area contributed by atoms with Gasteiger partial charge in [-0.25, -0.2) is 0 Å². The normalized spacial score (nSPS) is 21.7. The van der Waals surface area contributed by atoms with Crippen LogP contribution in [0.5, 0.6) is 0 Å². The van der Waals surface area contributed by atoms with Crippen LogP contribution in [0.25, 0.3) is 0 Å². The van der Waals surface area contributed by atoms with Crippen molar-refractivity contribution in [2.75, 3.05) is 13.6 Å². The largest absolute Gasteiger partial charge is 0.344 e. The first-order valence-corrected chi connectivity index (χ1v) is 6.43. The van der Waals surface area contributed by atoms with Gasteiger partial charge in [0.1, 0.15) is 0 Å². The first kappa shape index (κ1) is 13.1. The number of nitrogens with one attached hydrogen (secondary N) is 1. The van der Waals surface area contributed by atoms with Gasteiger partial charge in [-0.15, -0.1) is 0 Å². The lowest BCUT2D eigenvalue weighted by molar-refractivity contribution is -0.128. The lowest BCUT2D eigenvalue weighted by Gasteiger charge is -2.19. The summed E-state index contributed by atoms with van der Waals surface area (Å²) in [5.41, 5.74) is 3.40. The molecule has 1 N–H and O–H groups in total. The Hall–Kier alpha value is -1.36. The minimum absolute atomic E-state index is 0.0518. The maximum Gasteiger partial charge on any atom is 0.239 e. The highest BCUT2D eigenvalue weighted by Crippen LogP contribution is 2.22. The third-order valence-electron chi connectivity index (χ3n) is 3.88. The number of hydrogen-bond acceptors (Lipinski definition) is 3. The number of aromatic nitrogens is 2. The highest BCUT2D eigenvalue weighted by molar-refractivity contribution is 5.83. The summed E-state index contributed by atoms with van der Waals surface area (Å²) < 4.78 is 1.89.